The van der Waals surface area contributed by atoms with Gasteiger partial charge < -0.3 is 5.32 Å². The van der Waals surface area contributed by atoms with Crippen molar-refractivity contribution >= 4 is 21.8 Å². The standard InChI is InChI=1S/C17H24BrNO/c1-13-7-6-8-15(14(13)2)16(20)19-12-17(11-18)9-4-3-5-10-17/h6-8H,3-5,9-12H2,1-2H3,(H,19,20). The fourth-order valence-electron chi connectivity index (χ4n) is 3.02. The molecule has 2 nitrogen and oxygen atoms in total. The van der Waals surface area contributed by atoms with Gasteiger partial charge in [0.2, 0.25) is 0 Å². The number of carbonyl (C=O) groups excluding carboxylic acids is 1. The van der Waals surface area contributed by atoms with Crippen LogP contribution in [-0.2, 0) is 0 Å². The minimum absolute atomic E-state index is 0.0668. The number of benzene rings is 1. The van der Waals surface area contributed by atoms with Gasteiger partial charge in [0.25, 0.3) is 5.91 Å². The molecule has 1 aliphatic rings. The molecule has 1 N–H and O–H groups in total. The monoisotopic (exact) mass is 337 g/mol. The van der Waals surface area contributed by atoms with Gasteiger partial charge in [-0.3, -0.25) is 4.79 Å². The largest absolute Gasteiger partial charge is 0.351 e. The Balaban J connectivity index is 2.02. The fraction of sp³-hybridized carbons (Fsp3) is 0.588. The molecular formula is C17H24BrNO. The third kappa shape index (κ3) is 3.43. The number of aryl methyl sites for hydroxylation is 1. The van der Waals surface area contributed by atoms with E-state index in [1.165, 1.54) is 37.7 Å². The molecule has 0 unspecified atom stereocenters. The molecule has 0 aliphatic heterocycles. The highest BCUT2D eigenvalue weighted by atomic mass is 79.9. The summed E-state index contributed by atoms with van der Waals surface area (Å²) in [4.78, 5) is 12.4. The van der Waals surface area contributed by atoms with Crippen LogP contribution in [0, 0.1) is 19.3 Å². The number of carbonyl (C=O) groups is 1. The average Bonchev–Trinajstić information content (AvgIpc) is 2.48. The zero-order valence-electron chi connectivity index (χ0n) is 12.5. The van der Waals surface area contributed by atoms with Gasteiger partial charge in [0.1, 0.15) is 0 Å². The van der Waals surface area contributed by atoms with Crippen molar-refractivity contribution in [1.29, 1.82) is 0 Å². The zero-order valence-corrected chi connectivity index (χ0v) is 14.1. The maximum absolute atomic E-state index is 12.4. The fourth-order valence-corrected chi connectivity index (χ4v) is 3.78. The second kappa shape index (κ2) is 6.75. The molecule has 1 aliphatic carbocycles. The molecule has 1 amide bonds. The summed E-state index contributed by atoms with van der Waals surface area (Å²) in [6.45, 7) is 4.85. The average molecular weight is 338 g/mol. The predicted molar refractivity (Wildman–Crippen MR) is 87.6 cm³/mol. The summed E-state index contributed by atoms with van der Waals surface area (Å²) in [7, 11) is 0. The van der Waals surface area contributed by atoms with Crippen LogP contribution in [0.1, 0.15) is 53.6 Å². The van der Waals surface area contributed by atoms with Crippen LogP contribution in [0.4, 0.5) is 0 Å². The molecular weight excluding hydrogens is 314 g/mol. The first-order valence-corrected chi connectivity index (χ1v) is 8.60. The first-order chi connectivity index (χ1) is 9.58. The molecule has 110 valence electrons. The van der Waals surface area contributed by atoms with E-state index < -0.39 is 0 Å². The molecule has 1 aromatic rings. The van der Waals surface area contributed by atoms with Crippen LogP contribution in [0.25, 0.3) is 0 Å². The van der Waals surface area contributed by atoms with Crippen LogP contribution >= 0.6 is 15.9 Å². The van der Waals surface area contributed by atoms with E-state index in [-0.39, 0.29) is 11.3 Å². The van der Waals surface area contributed by atoms with E-state index in [1.807, 2.05) is 32.0 Å². The molecule has 3 heteroatoms. The van der Waals surface area contributed by atoms with Gasteiger partial charge in [-0.2, -0.15) is 0 Å². The minimum Gasteiger partial charge on any atom is -0.351 e. The Morgan fingerprint density at radius 2 is 1.95 bits per heavy atom. The van der Waals surface area contributed by atoms with Gasteiger partial charge in [-0.25, -0.2) is 0 Å². The first-order valence-electron chi connectivity index (χ1n) is 7.48. The highest BCUT2D eigenvalue weighted by Gasteiger charge is 2.31. The number of nitrogens with one attached hydrogen (secondary N) is 1. The van der Waals surface area contributed by atoms with Gasteiger partial charge in [0.15, 0.2) is 0 Å². The number of halogens is 1. The van der Waals surface area contributed by atoms with Gasteiger partial charge in [-0.05, 0) is 49.3 Å². The van der Waals surface area contributed by atoms with Crippen LogP contribution in [-0.4, -0.2) is 17.8 Å². The third-order valence-corrected chi connectivity index (χ3v) is 5.86. The van der Waals surface area contributed by atoms with Gasteiger partial charge in [-0.15, -0.1) is 0 Å². The summed E-state index contributed by atoms with van der Waals surface area (Å²) in [6.07, 6.45) is 6.33. The van der Waals surface area contributed by atoms with E-state index in [9.17, 15) is 4.79 Å². The molecule has 0 bridgehead atoms. The molecule has 2 rings (SSSR count). The Labute approximate surface area is 130 Å². The van der Waals surface area contributed by atoms with Gasteiger partial charge in [0.05, 0.1) is 0 Å². The van der Waals surface area contributed by atoms with Gasteiger partial charge in [-0.1, -0.05) is 47.3 Å². The third-order valence-electron chi connectivity index (χ3n) is 4.67. The van der Waals surface area contributed by atoms with Crippen LogP contribution in [0.2, 0.25) is 0 Å². The van der Waals surface area contributed by atoms with Crippen molar-refractivity contribution in [2.75, 3.05) is 11.9 Å². The lowest BCUT2D eigenvalue weighted by Gasteiger charge is -2.35. The Hall–Kier alpha value is -0.830. The van der Waals surface area contributed by atoms with Crippen molar-refractivity contribution in [1.82, 2.24) is 5.32 Å². The first kappa shape index (κ1) is 15.6. The molecule has 0 atom stereocenters. The molecule has 0 radical (unpaired) electrons. The van der Waals surface area contributed by atoms with E-state index in [4.69, 9.17) is 0 Å². The van der Waals surface area contributed by atoms with Crippen LogP contribution in [0.3, 0.4) is 0 Å². The SMILES string of the molecule is Cc1cccc(C(=O)NCC2(CBr)CCCCC2)c1C. The Kier molecular flexibility index (Phi) is 5.25. The van der Waals surface area contributed by atoms with Crippen molar-refractivity contribution in [2.45, 2.75) is 46.0 Å². The summed E-state index contributed by atoms with van der Waals surface area (Å²) in [5.74, 6) is 0.0668. The molecule has 20 heavy (non-hydrogen) atoms. The normalized spacial score (nSPS) is 17.8. The molecule has 0 saturated heterocycles. The van der Waals surface area contributed by atoms with Crippen molar-refractivity contribution in [3.8, 4) is 0 Å². The maximum atomic E-state index is 12.4. The second-order valence-corrected chi connectivity index (χ2v) is 6.69. The van der Waals surface area contributed by atoms with Crippen LogP contribution < -0.4 is 5.32 Å². The van der Waals surface area contributed by atoms with E-state index in [1.54, 1.807) is 0 Å². The highest BCUT2D eigenvalue weighted by Crippen LogP contribution is 2.37. The van der Waals surface area contributed by atoms with Crippen molar-refractivity contribution < 1.29 is 4.79 Å². The molecule has 0 spiro atoms. The number of alkyl halides is 1. The van der Waals surface area contributed by atoms with Crippen molar-refractivity contribution in [3.05, 3.63) is 34.9 Å². The lowest BCUT2D eigenvalue weighted by molar-refractivity contribution is 0.0921. The zero-order chi connectivity index (χ0) is 14.6. The predicted octanol–water partition coefficient (Wildman–Crippen LogP) is 4.38. The smallest absolute Gasteiger partial charge is 0.251 e. The lowest BCUT2D eigenvalue weighted by Crippen LogP contribution is -2.40. The Morgan fingerprint density at radius 3 is 2.60 bits per heavy atom. The quantitative estimate of drug-likeness (QED) is 0.811. The topological polar surface area (TPSA) is 29.1 Å². The van der Waals surface area contributed by atoms with E-state index >= 15 is 0 Å². The van der Waals surface area contributed by atoms with Crippen molar-refractivity contribution in [2.24, 2.45) is 5.41 Å². The summed E-state index contributed by atoms with van der Waals surface area (Å²) in [5, 5.41) is 4.14. The molecule has 1 aromatic carbocycles. The number of hydrogen-bond acceptors (Lipinski definition) is 1. The maximum Gasteiger partial charge on any atom is 0.251 e. The van der Waals surface area contributed by atoms with Gasteiger partial charge in [0, 0.05) is 17.4 Å². The number of rotatable bonds is 4. The molecule has 1 saturated carbocycles. The lowest BCUT2D eigenvalue weighted by atomic mass is 9.75. The number of hydrogen-bond donors (Lipinski definition) is 1. The Bertz CT molecular complexity index is 478. The molecule has 1 fully saturated rings. The summed E-state index contributed by atoms with van der Waals surface area (Å²) in [6, 6.07) is 5.92. The minimum atomic E-state index is 0.0668. The Morgan fingerprint density at radius 1 is 1.25 bits per heavy atom. The van der Waals surface area contributed by atoms with Crippen LogP contribution in [0.5, 0.6) is 0 Å². The van der Waals surface area contributed by atoms with Gasteiger partial charge >= 0.3 is 0 Å². The summed E-state index contributed by atoms with van der Waals surface area (Å²) >= 11 is 3.65. The van der Waals surface area contributed by atoms with Crippen molar-refractivity contribution in [3.63, 3.8) is 0 Å². The van der Waals surface area contributed by atoms with E-state index in [0.717, 1.165) is 23.0 Å². The number of amides is 1. The van der Waals surface area contributed by atoms with Crippen LogP contribution in [0.15, 0.2) is 18.2 Å². The molecule has 0 aromatic heterocycles. The highest BCUT2D eigenvalue weighted by molar-refractivity contribution is 9.09. The van der Waals surface area contributed by atoms with E-state index in [0.29, 0.717) is 0 Å². The molecule has 0 heterocycles. The summed E-state index contributed by atoms with van der Waals surface area (Å²) < 4.78 is 0. The summed E-state index contributed by atoms with van der Waals surface area (Å²) in [5.41, 5.74) is 3.32. The van der Waals surface area contributed by atoms with E-state index in [2.05, 4.69) is 21.2 Å². The second-order valence-electron chi connectivity index (χ2n) is 6.12.